The van der Waals surface area contributed by atoms with Gasteiger partial charge in [-0.25, -0.2) is 0 Å². The number of hydrogen-bond donors (Lipinski definition) is 3. The van der Waals surface area contributed by atoms with Crippen LogP contribution in [0.3, 0.4) is 0 Å². The maximum atomic E-state index is 12.5. The summed E-state index contributed by atoms with van der Waals surface area (Å²) in [5.41, 5.74) is 1.66. The zero-order valence-electron chi connectivity index (χ0n) is 21.7. The molecule has 2 aromatic rings. The largest absolute Gasteiger partial charge is 0.351 e. The van der Waals surface area contributed by atoms with E-state index in [2.05, 4.69) is 25.9 Å². The number of fused-ring (bicyclic) bond motifs is 1. The van der Waals surface area contributed by atoms with Gasteiger partial charge in [-0.15, -0.1) is 0 Å². The molecule has 0 bridgehead atoms. The number of hydrogen-bond acceptors (Lipinski definition) is 9. The van der Waals surface area contributed by atoms with E-state index in [9.17, 15) is 14.4 Å². The van der Waals surface area contributed by atoms with Gasteiger partial charge in [-0.1, -0.05) is 0 Å². The Labute approximate surface area is 221 Å². The Morgan fingerprint density at radius 1 is 1.03 bits per heavy atom. The van der Waals surface area contributed by atoms with Crippen molar-refractivity contribution in [3.8, 4) is 0 Å². The fourth-order valence-corrected chi connectivity index (χ4v) is 5.78. The lowest BCUT2D eigenvalue weighted by molar-refractivity contribution is -0.124. The highest BCUT2D eigenvalue weighted by Crippen LogP contribution is 2.30. The monoisotopic (exact) mass is 520 g/mol. The first kappa shape index (κ1) is 25.0. The van der Waals surface area contributed by atoms with Gasteiger partial charge in [0, 0.05) is 42.6 Å². The summed E-state index contributed by atoms with van der Waals surface area (Å²) < 4.78 is 1.66. The van der Waals surface area contributed by atoms with Crippen LogP contribution in [0.2, 0.25) is 0 Å². The molecule has 2 saturated carbocycles. The van der Waals surface area contributed by atoms with Gasteiger partial charge < -0.3 is 15.5 Å². The molecular weight excluding hydrogens is 484 g/mol. The highest BCUT2D eigenvalue weighted by molar-refractivity contribution is 6.15. The molecule has 3 N–H and O–H groups in total. The van der Waals surface area contributed by atoms with Gasteiger partial charge >= 0.3 is 0 Å². The number of imide groups is 1. The Kier molecular flexibility index (Phi) is 7.10. The lowest BCUT2D eigenvalue weighted by Crippen LogP contribution is -2.29. The molecule has 2 aliphatic heterocycles. The molecule has 0 atom stereocenters. The topological polar surface area (TPSA) is 134 Å². The molecule has 4 heterocycles. The van der Waals surface area contributed by atoms with Crippen molar-refractivity contribution in [2.75, 3.05) is 30.3 Å². The molecule has 11 heteroatoms. The van der Waals surface area contributed by atoms with Crippen molar-refractivity contribution in [2.45, 2.75) is 82.7 Å². The van der Waals surface area contributed by atoms with Crippen molar-refractivity contribution in [3.05, 3.63) is 17.3 Å². The van der Waals surface area contributed by atoms with Gasteiger partial charge in [0.15, 0.2) is 5.65 Å². The molecule has 4 fully saturated rings. The summed E-state index contributed by atoms with van der Waals surface area (Å²) in [6.07, 6.45) is 13.5. The number of aromatic nitrogens is 4. The summed E-state index contributed by atoms with van der Waals surface area (Å²) in [4.78, 5) is 48.1. The van der Waals surface area contributed by atoms with Crippen molar-refractivity contribution >= 4 is 41.2 Å². The summed E-state index contributed by atoms with van der Waals surface area (Å²) in [7, 11) is 0. The van der Waals surface area contributed by atoms with Crippen LogP contribution in [0.25, 0.3) is 11.7 Å². The van der Waals surface area contributed by atoms with Crippen LogP contribution in [0.15, 0.2) is 11.8 Å². The fraction of sp³-hybridized carbons (Fsp3) is 0.630. The van der Waals surface area contributed by atoms with E-state index in [0.717, 1.165) is 58.2 Å². The minimum absolute atomic E-state index is 0.0591. The smallest absolute Gasteiger partial charge is 0.254 e. The third kappa shape index (κ3) is 5.87. The zero-order chi connectivity index (χ0) is 26.1. The molecule has 2 aromatic heterocycles. The van der Waals surface area contributed by atoms with E-state index < -0.39 is 0 Å². The van der Waals surface area contributed by atoms with Crippen LogP contribution in [0.4, 0.5) is 11.9 Å². The summed E-state index contributed by atoms with van der Waals surface area (Å²) in [6.45, 7) is 3.20. The van der Waals surface area contributed by atoms with Crippen LogP contribution in [0.5, 0.6) is 0 Å². The molecule has 2 saturated heterocycles. The Morgan fingerprint density at radius 3 is 2.47 bits per heavy atom. The number of nitrogens with one attached hydrogen (secondary N) is 3. The molecule has 0 radical (unpaired) electrons. The molecule has 6 rings (SSSR count). The van der Waals surface area contributed by atoms with Crippen LogP contribution >= 0.6 is 0 Å². The van der Waals surface area contributed by atoms with Crippen molar-refractivity contribution in [3.63, 3.8) is 0 Å². The maximum Gasteiger partial charge on any atom is 0.254 e. The van der Waals surface area contributed by atoms with E-state index >= 15 is 0 Å². The second-order valence-electron chi connectivity index (χ2n) is 11.3. The van der Waals surface area contributed by atoms with Crippen LogP contribution in [-0.2, 0) is 14.4 Å². The van der Waals surface area contributed by atoms with Crippen LogP contribution in [0, 0.1) is 5.92 Å². The Balaban J connectivity index is 1.10. The number of rotatable bonds is 10. The molecule has 11 nitrogen and oxygen atoms in total. The summed E-state index contributed by atoms with van der Waals surface area (Å²) in [5, 5.41) is 13.7. The third-order valence-electron chi connectivity index (χ3n) is 8.13. The normalized spacial score (nSPS) is 25.3. The molecule has 4 aliphatic rings. The van der Waals surface area contributed by atoms with Gasteiger partial charge in [-0.05, 0) is 76.5 Å². The summed E-state index contributed by atoms with van der Waals surface area (Å²) in [6, 6.07) is 0.619. The molecule has 2 aliphatic carbocycles. The quantitative estimate of drug-likeness (QED) is 0.319. The average Bonchev–Trinajstić information content (AvgIpc) is 3.24. The molecule has 2 amide bonds. The number of likely N-dealkylation sites (tertiary alicyclic amines) is 1. The van der Waals surface area contributed by atoms with E-state index in [1.54, 1.807) is 16.8 Å². The first-order valence-corrected chi connectivity index (χ1v) is 14.1. The summed E-state index contributed by atoms with van der Waals surface area (Å²) >= 11 is 0. The Hall–Kier alpha value is -3.34. The predicted octanol–water partition coefficient (Wildman–Crippen LogP) is 2.54. The molecule has 38 heavy (non-hydrogen) atoms. The first-order valence-electron chi connectivity index (χ1n) is 14.1. The van der Waals surface area contributed by atoms with Crippen molar-refractivity contribution in [2.24, 2.45) is 5.92 Å². The van der Waals surface area contributed by atoms with Crippen molar-refractivity contribution in [1.29, 1.82) is 0 Å². The Bertz CT molecular complexity index is 1250. The second kappa shape index (κ2) is 10.8. The minimum Gasteiger partial charge on any atom is -0.351 e. The van der Waals surface area contributed by atoms with Gasteiger partial charge in [-0.3, -0.25) is 19.7 Å². The molecule has 202 valence electrons. The van der Waals surface area contributed by atoms with E-state index in [0.29, 0.717) is 59.3 Å². The van der Waals surface area contributed by atoms with Crippen LogP contribution < -0.4 is 16.0 Å². The molecule has 0 aromatic carbocycles. The fourth-order valence-electron chi connectivity index (χ4n) is 5.78. The van der Waals surface area contributed by atoms with Crippen LogP contribution in [0.1, 0.15) is 76.2 Å². The van der Waals surface area contributed by atoms with Gasteiger partial charge in [0.05, 0.1) is 12.6 Å². The van der Waals surface area contributed by atoms with E-state index in [1.165, 1.54) is 12.8 Å². The van der Waals surface area contributed by atoms with Crippen molar-refractivity contribution < 1.29 is 14.4 Å². The Morgan fingerprint density at radius 2 is 1.76 bits per heavy atom. The summed E-state index contributed by atoms with van der Waals surface area (Å²) in [5.74, 6) is 1.34. The highest BCUT2D eigenvalue weighted by atomic mass is 16.2. The van der Waals surface area contributed by atoms with E-state index in [1.807, 2.05) is 0 Å². The lowest BCUT2D eigenvalue weighted by Gasteiger charge is -2.29. The number of ketones is 1. The predicted molar refractivity (Wildman–Crippen MR) is 142 cm³/mol. The molecule has 0 unspecified atom stereocenters. The minimum atomic E-state index is -0.371. The average molecular weight is 521 g/mol. The van der Waals surface area contributed by atoms with Gasteiger partial charge in [0.2, 0.25) is 17.8 Å². The van der Waals surface area contributed by atoms with E-state index in [-0.39, 0.29) is 24.3 Å². The lowest BCUT2D eigenvalue weighted by atomic mass is 9.83. The number of nitrogens with zero attached hydrogens (tertiary/aromatic N) is 5. The second-order valence-corrected chi connectivity index (χ2v) is 11.3. The van der Waals surface area contributed by atoms with Crippen LogP contribution in [-0.4, -0.2) is 73.8 Å². The number of anilines is 2. The number of carbonyl (C=O) groups is 3. The van der Waals surface area contributed by atoms with Gasteiger partial charge in [-0.2, -0.15) is 19.6 Å². The van der Waals surface area contributed by atoms with Gasteiger partial charge in [0.25, 0.3) is 5.91 Å². The SMILES string of the molecule is O=C(CCN1CCCC1)CC1CCC(Nc2nc(NC3CC3)n3ncc(/C=C4\CC(=O)NC4=O)c3n2)CC1. The third-order valence-corrected chi connectivity index (χ3v) is 8.13. The highest BCUT2D eigenvalue weighted by Gasteiger charge is 2.28. The van der Waals surface area contributed by atoms with Crippen molar-refractivity contribution in [1.82, 2.24) is 29.8 Å². The zero-order valence-corrected chi connectivity index (χ0v) is 21.7. The first-order chi connectivity index (χ1) is 18.5. The molecular formula is C27H36N8O3. The number of carbonyl (C=O) groups excluding carboxylic acids is 3. The maximum absolute atomic E-state index is 12.5. The van der Waals surface area contributed by atoms with Gasteiger partial charge in [0.1, 0.15) is 5.78 Å². The molecule has 0 spiro atoms. The number of Topliss-reactive ketones (excluding diaryl/α,β-unsaturated/α-hetero) is 1. The van der Waals surface area contributed by atoms with E-state index in [4.69, 9.17) is 9.97 Å². The number of amides is 2. The standard InChI is InChI=1S/C27H36N8O3/c36-22(9-12-34-10-1-2-11-34)13-17-3-5-20(6-4-17)29-26-32-24-19(14-18-15-23(37)31-25(18)38)16-28-35(24)27(33-26)30-21-7-8-21/h14,16-17,20-21H,1-13,15H2,(H,31,37,38)(H2,29,30,32,33)/b18-14+.